The van der Waals surface area contributed by atoms with Gasteiger partial charge in [-0.25, -0.2) is 0 Å². The number of hydrogen-bond donors (Lipinski definition) is 1. The first kappa shape index (κ1) is 18.3. The number of likely N-dealkylation sites (N-methyl/N-ethyl adjacent to an activating group) is 1. The number of benzene rings is 1. The molecule has 0 saturated heterocycles. The summed E-state index contributed by atoms with van der Waals surface area (Å²) in [6.07, 6.45) is 0.189. The van der Waals surface area contributed by atoms with E-state index in [1.807, 2.05) is 0 Å². The van der Waals surface area contributed by atoms with E-state index in [1.165, 1.54) is 13.1 Å². The van der Waals surface area contributed by atoms with Gasteiger partial charge in [0.1, 0.15) is 0 Å². The summed E-state index contributed by atoms with van der Waals surface area (Å²) < 4.78 is 4.71. The maximum absolute atomic E-state index is 11.8. The highest BCUT2D eigenvalue weighted by Crippen LogP contribution is 2.24. The van der Waals surface area contributed by atoms with Crippen molar-refractivity contribution in [2.24, 2.45) is 0 Å². The van der Waals surface area contributed by atoms with Gasteiger partial charge in [-0.1, -0.05) is 30.1 Å². The number of hydrogen-bond acceptors (Lipinski definition) is 4. The van der Waals surface area contributed by atoms with Gasteiger partial charge in [0.25, 0.3) is 5.91 Å². The number of carbonyl (C=O) groups is 3. The van der Waals surface area contributed by atoms with Crippen LogP contribution in [0, 0.1) is 0 Å². The number of rotatable bonds is 6. The van der Waals surface area contributed by atoms with Crippen LogP contribution in [0.4, 0.5) is 5.69 Å². The summed E-state index contributed by atoms with van der Waals surface area (Å²) in [4.78, 5) is 35.6. The smallest absolute Gasteiger partial charge is 0.306 e. The molecule has 0 saturated carbocycles. The van der Waals surface area contributed by atoms with E-state index in [-0.39, 0.29) is 19.6 Å². The van der Waals surface area contributed by atoms with Crippen molar-refractivity contribution in [2.75, 3.05) is 25.5 Å². The minimum atomic E-state index is -0.470. The lowest BCUT2D eigenvalue weighted by Crippen LogP contribution is -2.37. The Morgan fingerprint density at radius 2 is 1.91 bits per heavy atom. The number of esters is 1. The van der Waals surface area contributed by atoms with Crippen LogP contribution in [0.25, 0.3) is 0 Å². The molecule has 2 amide bonds. The van der Waals surface area contributed by atoms with Crippen molar-refractivity contribution in [1.82, 2.24) is 4.90 Å². The monoisotopic (exact) mass is 346 g/mol. The molecular weight excluding hydrogens is 331 g/mol. The number of anilines is 1. The fraction of sp³-hybridized carbons (Fsp3) is 0.357. The van der Waals surface area contributed by atoms with Gasteiger partial charge in [-0.05, 0) is 18.2 Å². The Hall–Kier alpha value is -1.79. The molecule has 0 aliphatic heterocycles. The van der Waals surface area contributed by atoms with Gasteiger partial charge in [-0.15, -0.1) is 0 Å². The molecule has 0 fully saturated rings. The number of ether oxygens (including phenoxy) is 1. The van der Waals surface area contributed by atoms with Crippen LogP contribution in [0.5, 0.6) is 0 Å². The zero-order valence-electron chi connectivity index (χ0n) is 12.2. The minimum Gasteiger partial charge on any atom is -0.456 e. The molecule has 1 N–H and O–H groups in total. The van der Waals surface area contributed by atoms with Crippen LogP contribution >= 0.6 is 23.2 Å². The largest absolute Gasteiger partial charge is 0.456 e. The Labute approximate surface area is 138 Å². The van der Waals surface area contributed by atoms with E-state index in [2.05, 4.69) is 5.32 Å². The summed E-state index contributed by atoms with van der Waals surface area (Å²) in [6, 6.07) is 4.65. The van der Waals surface area contributed by atoms with Crippen molar-refractivity contribution in [3.05, 3.63) is 28.2 Å². The zero-order chi connectivity index (χ0) is 16.7. The molecule has 6 nitrogen and oxygen atoms in total. The predicted octanol–water partition coefficient (Wildman–Crippen LogP) is 2.34. The number of nitrogens with zero attached hydrogens (tertiary/aromatic N) is 1. The van der Waals surface area contributed by atoms with Gasteiger partial charge in [0, 0.05) is 19.2 Å². The number of halogens is 2. The Morgan fingerprint density at radius 3 is 2.50 bits per heavy atom. The molecule has 22 heavy (non-hydrogen) atoms. The molecule has 0 unspecified atom stereocenters. The normalized spacial score (nSPS) is 10.0. The third-order valence-electron chi connectivity index (χ3n) is 2.66. The molecule has 0 bridgehead atoms. The van der Waals surface area contributed by atoms with Crippen LogP contribution in [-0.4, -0.2) is 42.9 Å². The molecule has 0 heterocycles. The van der Waals surface area contributed by atoms with Crippen molar-refractivity contribution in [2.45, 2.75) is 13.3 Å². The van der Waals surface area contributed by atoms with Gasteiger partial charge >= 0.3 is 5.97 Å². The molecule has 0 atom stereocenters. The second kappa shape index (κ2) is 8.60. The average Bonchev–Trinajstić information content (AvgIpc) is 2.47. The van der Waals surface area contributed by atoms with Crippen LogP contribution < -0.4 is 5.32 Å². The van der Waals surface area contributed by atoms with Crippen LogP contribution in [0.2, 0.25) is 10.0 Å². The molecule has 0 spiro atoms. The quantitative estimate of drug-likeness (QED) is 0.802. The van der Waals surface area contributed by atoms with Crippen LogP contribution in [-0.2, 0) is 19.1 Å². The van der Waals surface area contributed by atoms with Crippen LogP contribution in [0.3, 0.4) is 0 Å². The van der Waals surface area contributed by atoms with Crippen molar-refractivity contribution in [3.63, 3.8) is 0 Å². The van der Waals surface area contributed by atoms with Crippen molar-refractivity contribution in [3.8, 4) is 0 Å². The standard InChI is InChI=1S/C14H16Cl2N2O4/c1-3-14(21)22-8-13(20)18(2)7-12(19)17-9-4-5-10(15)11(16)6-9/h4-6H,3,7-8H2,1-2H3,(H,17,19). The third kappa shape index (κ3) is 5.91. The van der Waals surface area contributed by atoms with E-state index in [0.717, 1.165) is 4.90 Å². The van der Waals surface area contributed by atoms with Gasteiger partial charge in [-0.2, -0.15) is 0 Å². The topological polar surface area (TPSA) is 75.7 Å². The maximum atomic E-state index is 11.8. The van der Waals surface area contributed by atoms with Crippen molar-refractivity contribution < 1.29 is 19.1 Å². The lowest BCUT2D eigenvalue weighted by Gasteiger charge is -2.16. The first-order valence-corrected chi connectivity index (χ1v) is 7.23. The fourth-order valence-electron chi connectivity index (χ4n) is 1.43. The molecule has 120 valence electrons. The third-order valence-corrected chi connectivity index (χ3v) is 3.39. The summed E-state index contributed by atoms with van der Waals surface area (Å²) in [5.41, 5.74) is 0.470. The molecule has 0 aromatic heterocycles. The van der Waals surface area contributed by atoms with Gasteiger partial charge < -0.3 is 15.0 Å². The molecule has 1 aromatic carbocycles. The zero-order valence-corrected chi connectivity index (χ0v) is 13.7. The Kier molecular flexibility index (Phi) is 7.14. The lowest BCUT2D eigenvalue weighted by molar-refractivity contribution is -0.151. The Balaban J connectivity index is 2.48. The fourth-order valence-corrected chi connectivity index (χ4v) is 1.73. The van der Waals surface area contributed by atoms with Gasteiger partial charge in [0.15, 0.2) is 6.61 Å². The van der Waals surface area contributed by atoms with Crippen molar-refractivity contribution in [1.29, 1.82) is 0 Å². The van der Waals surface area contributed by atoms with Gasteiger partial charge in [0.05, 0.1) is 16.6 Å². The molecule has 8 heteroatoms. The number of nitrogens with one attached hydrogen (secondary N) is 1. The number of carbonyl (C=O) groups excluding carboxylic acids is 3. The summed E-state index contributed by atoms with van der Waals surface area (Å²) >= 11 is 11.6. The SMILES string of the molecule is CCC(=O)OCC(=O)N(C)CC(=O)Nc1ccc(Cl)c(Cl)c1. The van der Waals surface area contributed by atoms with Crippen molar-refractivity contribution >= 4 is 46.7 Å². The van der Waals surface area contributed by atoms with E-state index in [1.54, 1.807) is 19.1 Å². The highest BCUT2D eigenvalue weighted by atomic mass is 35.5. The Bertz CT molecular complexity index is 578. The first-order chi connectivity index (χ1) is 10.3. The molecule has 1 rings (SSSR count). The second-order valence-electron chi connectivity index (χ2n) is 4.44. The van der Waals surface area contributed by atoms with E-state index in [9.17, 15) is 14.4 Å². The molecule has 1 aromatic rings. The minimum absolute atomic E-state index is 0.178. The summed E-state index contributed by atoms with van der Waals surface area (Å²) in [5.74, 6) is -1.34. The molecule has 0 aliphatic rings. The van der Waals surface area contributed by atoms with E-state index in [0.29, 0.717) is 15.7 Å². The summed E-state index contributed by atoms with van der Waals surface area (Å²) in [5, 5.41) is 3.28. The lowest BCUT2D eigenvalue weighted by atomic mass is 10.3. The second-order valence-corrected chi connectivity index (χ2v) is 5.26. The number of amides is 2. The first-order valence-electron chi connectivity index (χ1n) is 6.48. The molecular formula is C14H16Cl2N2O4. The molecule has 0 aliphatic carbocycles. The van der Waals surface area contributed by atoms with E-state index < -0.39 is 17.8 Å². The average molecular weight is 347 g/mol. The maximum Gasteiger partial charge on any atom is 0.306 e. The summed E-state index contributed by atoms with van der Waals surface area (Å²) in [7, 11) is 1.44. The van der Waals surface area contributed by atoms with E-state index >= 15 is 0 Å². The highest BCUT2D eigenvalue weighted by Gasteiger charge is 2.15. The summed E-state index contributed by atoms with van der Waals surface area (Å²) in [6.45, 7) is 1.06. The predicted molar refractivity (Wildman–Crippen MR) is 84.0 cm³/mol. The Morgan fingerprint density at radius 1 is 1.23 bits per heavy atom. The highest BCUT2D eigenvalue weighted by molar-refractivity contribution is 6.42. The van der Waals surface area contributed by atoms with Gasteiger partial charge in [-0.3, -0.25) is 14.4 Å². The molecule has 0 radical (unpaired) electrons. The van der Waals surface area contributed by atoms with Crippen LogP contribution in [0.1, 0.15) is 13.3 Å². The van der Waals surface area contributed by atoms with E-state index in [4.69, 9.17) is 27.9 Å². The van der Waals surface area contributed by atoms with Crippen LogP contribution in [0.15, 0.2) is 18.2 Å². The van der Waals surface area contributed by atoms with Gasteiger partial charge in [0.2, 0.25) is 5.91 Å².